The first-order valence-electron chi connectivity index (χ1n) is 5.87. The van der Waals surface area contributed by atoms with Gasteiger partial charge in [-0.25, -0.2) is 0 Å². The van der Waals surface area contributed by atoms with Crippen LogP contribution in [0.1, 0.15) is 29.5 Å². The van der Waals surface area contributed by atoms with Crippen molar-refractivity contribution in [1.82, 2.24) is 0 Å². The summed E-state index contributed by atoms with van der Waals surface area (Å²) in [6.45, 7) is 4.09. The van der Waals surface area contributed by atoms with Gasteiger partial charge < -0.3 is 4.74 Å². The van der Waals surface area contributed by atoms with Crippen molar-refractivity contribution in [3.05, 3.63) is 34.9 Å². The summed E-state index contributed by atoms with van der Waals surface area (Å²) in [5.74, 6) is -0.942. The van der Waals surface area contributed by atoms with Crippen molar-refractivity contribution in [2.45, 2.75) is 33.1 Å². The van der Waals surface area contributed by atoms with Gasteiger partial charge in [0.15, 0.2) is 0 Å². The Kier molecular flexibility index (Phi) is 3.27. The summed E-state index contributed by atoms with van der Waals surface area (Å²) in [4.78, 5) is 22.5. The average molecular weight is 232 g/mol. The lowest BCUT2D eigenvalue weighted by atomic mass is 9.91. The van der Waals surface area contributed by atoms with E-state index in [-0.39, 0.29) is 11.9 Å². The fraction of sp³-hybridized carbons (Fsp3) is 0.429. The molecule has 0 aliphatic carbocycles. The zero-order chi connectivity index (χ0) is 12.4. The van der Waals surface area contributed by atoms with Crippen LogP contribution in [0.5, 0.6) is 0 Å². The smallest absolute Gasteiger partial charge is 0.316 e. The van der Waals surface area contributed by atoms with Crippen molar-refractivity contribution in [3.63, 3.8) is 0 Å². The van der Waals surface area contributed by atoms with E-state index in [0.717, 1.165) is 5.56 Å². The number of aryl methyl sites for hydroxylation is 2. The fourth-order valence-electron chi connectivity index (χ4n) is 2.18. The van der Waals surface area contributed by atoms with Gasteiger partial charge in [0.1, 0.15) is 0 Å². The number of cyclic esters (lactones) is 2. The van der Waals surface area contributed by atoms with E-state index in [9.17, 15) is 9.59 Å². The van der Waals surface area contributed by atoms with Crippen molar-refractivity contribution in [2.24, 2.45) is 5.92 Å². The van der Waals surface area contributed by atoms with Crippen LogP contribution < -0.4 is 0 Å². The van der Waals surface area contributed by atoms with Crippen LogP contribution >= 0.6 is 0 Å². The molecule has 1 aromatic rings. The summed E-state index contributed by atoms with van der Waals surface area (Å²) < 4.78 is 4.66. The molecule has 0 amide bonds. The first kappa shape index (κ1) is 11.8. The Hall–Kier alpha value is -1.64. The third-order valence-electron chi connectivity index (χ3n) is 3.21. The SMILES string of the molecule is Cc1ccc(CC2CCC(=O)OC2=O)c(C)c1. The highest BCUT2D eigenvalue weighted by atomic mass is 16.6. The first-order chi connectivity index (χ1) is 8.06. The summed E-state index contributed by atoms with van der Waals surface area (Å²) >= 11 is 0. The van der Waals surface area contributed by atoms with E-state index in [1.807, 2.05) is 26.0 Å². The van der Waals surface area contributed by atoms with Crippen LogP contribution in [-0.2, 0) is 20.7 Å². The van der Waals surface area contributed by atoms with Gasteiger partial charge in [-0.3, -0.25) is 9.59 Å². The van der Waals surface area contributed by atoms with Crippen LogP contribution in [0.4, 0.5) is 0 Å². The zero-order valence-electron chi connectivity index (χ0n) is 10.2. The number of benzene rings is 1. The molecule has 3 nitrogen and oxygen atoms in total. The Morgan fingerprint density at radius 3 is 2.71 bits per heavy atom. The Balaban J connectivity index is 2.10. The highest BCUT2D eigenvalue weighted by molar-refractivity contribution is 5.89. The highest BCUT2D eigenvalue weighted by Gasteiger charge is 2.29. The minimum atomic E-state index is -0.396. The van der Waals surface area contributed by atoms with Gasteiger partial charge in [-0.2, -0.15) is 0 Å². The Morgan fingerprint density at radius 1 is 1.29 bits per heavy atom. The topological polar surface area (TPSA) is 43.4 Å². The van der Waals surface area contributed by atoms with Crippen molar-refractivity contribution in [3.8, 4) is 0 Å². The molecule has 1 aromatic carbocycles. The van der Waals surface area contributed by atoms with Crippen molar-refractivity contribution in [1.29, 1.82) is 0 Å². The molecule has 17 heavy (non-hydrogen) atoms. The van der Waals surface area contributed by atoms with Crippen LogP contribution in [0.25, 0.3) is 0 Å². The van der Waals surface area contributed by atoms with Crippen molar-refractivity contribution < 1.29 is 14.3 Å². The molecule has 1 aliphatic rings. The molecule has 0 saturated carbocycles. The van der Waals surface area contributed by atoms with Crippen LogP contribution in [-0.4, -0.2) is 11.9 Å². The lowest BCUT2D eigenvalue weighted by Crippen LogP contribution is -2.29. The second kappa shape index (κ2) is 4.70. The molecular weight excluding hydrogens is 216 g/mol. The van der Waals surface area contributed by atoms with Crippen LogP contribution in [0, 0.1) is 19.8 Å². The standard InChI is InChI=1S/C14H16O3/c1-9-3-4-11(10(2)7-9)8-12-5-6-13(15)17-14(12)16/h3-4,7,12H,5-6,8H2,1-2H3. The third kappa shape index (κ3) is 2.73. The minimum absolute atomic E-state index is 0.172. The number of hydrogen-bond acceptors (Lipinski definition) is 3. The van der Waals surface area contributed by atoms with E-state index in [2.05, 4.69) is 10.8 Å². The quantitative estimate of drug-likeness (QED) is 0.580. The molecule has 1 saturated heterocycles. The number of ether oxygens (including phenoxy) is 1. The monoisotopic (exact) mass is 232 g/mol. The van der Waals surface area contributed by atoms with Crippen LogP contribution in [0.3, 0.4) is 0 Å². The lowest BCUT2D eigenvalue weighted by molar-refractivity contribution is -0.167. The molecule has 90 valence electrons. The largest absolute Gasteiger partial charge is 0.393 e. The predicted molar refractivity (Wildman–Crippen MR) is 63.4 cm³/mol. The molecule has 1 heterocycles. The van der Waals surface area contributed by atoms with Gasteiger partial charge in [0.25, 0.3) is 0 Å². The molecule has 2 rings (SSSR count). The molecular formula is C14H16O3. The maximum Gasteiger partial charge on any atom is 0.316 e. The molecule has 1 fully saturated rings. The number of hydrogen-bond donors (Lipinski definition) is 0. The summed E-state index contributed by atoms with van der Waals surface area (Å²) in [5, 5.41) is 0. The normalized spacial score (nSPS) is 20.2. The maximum atomic E-state index is 11.5. The van der Waals surface area contributed by atoms with E-state index in [1.54, 1.807) is 0 Å². The maximum absolute atomic E-state index is 11.5. The average Bonchev–Trinajstić information content (AvgIpc) is 2.25. The summed E-state index contributed by atoms with van der Waals surface area (Å²) in [6, 6.07) is 6.20. The van der Waals surface area contributed by atoms with Crippen LogP contribution in [0.15, 0.2) is 18.2 Å². The second-order valence-corrected chi connectivity index (χ2v) is 4.66. The summed E-state index contributed by atoms with van der Waals surface area (Å²) in [7, 11) is 0. The highest BCUT2D eigenvalue weighted by Crippen LogP contribution is 2.23. The molecule has 0 spiro atoms. The van der Waals surface area contributed by atoms with Gasteiger partial charge >= 0.3 is 11.9 Å². The van der Waals surface area contributed by atoms with Gasteiger partial charge in [-0.15, -0.1) is 0 Å². The van der Waals surface area contributed by atoms with Crippen molar-refractivity contribution >= 4 is 11.9 Å². The summed E-state index contributed by atoms with van der Waals surface area (Å²) in [5.41, 5.74) is 3.56. The van der Waals surface area contributed by atoms with E-state index in [0.29, 0.717) is 19.3 Å². The van der Waals surface area contributed by atoms with Gasteiger partial charge in [-0.05, 0) is 37.8 Å². The lowest BCUT2D eigenvalue weighted by Gasteiger charge is -2.20. The molecule has 1 aliphatic heterocycles. The van der Waals surface area contributed by atoms with Gasteiger partial charge in [0.2, 0.25) is 0 Å². The number of esters is 2. The first-order valence-corrected chi connectivity index (χ1v) is 5.87. The molecule has 3 heteroatoms. The van der Waals surface area contributed by atoms with E-state index >= 15 is 0 Å². The van der Waals surface area contributed by atoms with Gasteiger partial charge in [0, 0.05) is 6.42 Å². The predicted octanol–water partition coefficient (Wildman–Crippen LogP) is 2.33. The van der Waals surface area contributed by atoms with E-state index in [1.165, 1.54) is 11.1 Å². The molecule has 0 radical (unpaired) electrons. The van der Waals surface area contributed by atoms with Crippen LogP contribution in [0.2, 0.25) is 0 Å². The Labute approximate surface area is 101 Å². The molecule has 0 aromatic heterocycles. The molecule has 0 bridgehead atoms. The number of carbonyl (C=O) groups excluding carboxylic acids is 2. The van der Waals surface area contributed by atoms with Gasteiger partial charge in [0.05, 0.1) is 5.92 Å². The number of rotatable bonds is 2. The fourth-order valence-corrected chi connectivity index (χ4v) is 2.18. The Bertz CT molecular complexity index is 463. The van der Waals surface area contributed by atoms with Gasteiger partial charge in [-0.1, -0.05) is 23.8 Å². The molecule has 1 unspecified atom stereocenters. The van der Waals surface area contributed by atoms with Crippen molar-refractivity contribution in [2.75, 3.05) is 0 Å². The van der Waals surface area contributed by atoms with E-state index < -0.39 is 5.97 Å². The molecule has 0 N–H and O–H groups in total. The third-order valence-corrected chi connectivity index (χ3v) is 3.21. The van der Waals surface area contributed by atoms with E-state index in [4.69, 9.17) is 0 Å². The second-order valence-electron chi connectivity index (χ2n) is 4.66. The zero-order valence-corrected chi connectivity index (χ0v) is 10.2. The number of carbonyl (C=O) groups is 2. The Morgan fingerprint density at radius 2 is 2.06 bits per heavy atom. The molecule has 1 atom stereocenters. The minimum Gasteiger partial charge on any atom is -0.393 e. The summed E-state index contributed by atoms with van der Waals surface area (Å²) in [6.07, 6.45) is 1.62.